The highest BCUT2D eigenvalue weighted by molar-refractivity contribution is 8.03. The number of amides is 1. The van der Waals surface area contributed by atoms with Gasteiger partial charge >= 0.3 is 0 Å². The summed E-state index contributed by atoms with van der Waals surface area (Å²) in [6, 6.07) is 12.4. The first-order valence-corrected chi connectivity index (χ1v) is 10.8. The number of benzene rings is 1. The molecule has 142 valence electrons. The van der Waals surface area contributed by atoms with Crippen molar-refractivity contribution in [1.29, 1.82) is 5.26 Å². The van der Waals surface area contributed by atoms with Crippen molar-refractivity contribution in [3.05, 3.63) is 46.6 Å². The van der Waals surface area contributed by atoms with E-state index < -0.39 is 0 Å². The van der Waals surface area contributed by atoms with Gasteiger partial charge in [0, 0.05) is 40.0 Å². The van der Waals surface area contributed by atoms with Crippen LogP contribution in [0, 0.1) is 16.7 Å². The van der Waals surface area contributed by atoms with Gasteiger partial charge in [0.05, 0.1) is 23.9 Å². The van der Waals surface area contributed by atoms with Gasteiger partial charge in [-0.1, -0.05) is 18.2 Å². The molecule has 7 rings (SSSR count). The number of hydrogen-bond donors (Lipinski definition) is 2. The van der Waals surface area contributed by atoms with E-state index in [-0.39, 0.29) is 16.9 Å². The van der Waals surface area contributed by atoms with Crippen LogP contribution in [0.3, 0.4) is 0 Å². The summed E-state index contributed by atoms with van der Waals surface area (Å²) in [6.45, 7) is 1.42. The van der Waals surface area contributed by atoms with Gasteiger partial charge in [0.1, 0.15) is 5.69 Å². The number of nitrogens with zero attached hydrogens (tertiary/aromatic N) is 3. The van der Waals surface area contributed by atoms with E-state index in [0.717, 1.165) is 49.0 Å². The van der Waals surface area contributed by atoms with Crippen LogP contribution >= 0.6 is 11.8 Å². The van der Waals surface area contributed by atoms with Gasteiger partial charge in [-0.05, 0) is 31.4 Å². The van der Waals surface area contributed by atoms with Gasteiger partial charge in [-0.25, -0.2) is 5.43 Å². The van der Waals surface area contributed by atoms with Gasteiger partial charge in [0.15, 0.2) is 0 Å². The first-order chi connectivity index (χ1) is 13.6. The van der Waals surface area contributed by atoms with Gasteiger partial charge in [0.2, 0.25) is 0 Å². The molecule has 1 amide bonds. The molecule has 6 nitrogen and oxygen atoms in total. The smallest absolute Gasteiger partial charge is 0.270 e. The van der Waals surface area contributed by atoms with Crippen LogP contribution in [0.5, 0.6) is 0 Å². The molecule has 28 heavy (non-hydrogen) atoms. The van der Waals surface area contributed by atoms with E-state index in [0.29, 0.717) is 12.2 Å². The number of nitriles is 1. The van der Waals surface area contributed by atoms with Gasteiger partial charge in [-0.15, -0.1) is 11.8 Å². The maximum atomic E-state index is 13.0. The van der Waals surface area contributed by atoms with Crippen LogP contribution in [-0.4, -0.2) is 45.3 Å². The number of hydrazine groups is 1. The third kappa shape index (κ3) is 2.28. The predicted octanol–water partition coefficient (Wildman–Crippen LogP) is 3.18. The largest absolute Gasteiger partial charge is 0.351 e. The number of para-hydroxylation sites is 1. The minimum absolute atomic E-state index is 0.0353. The van der Waals surface area contributed by atoms with Crippen molar-refractivity contribution in [3.63, 3.8) is 0 Å². The summed E-state index contributed by atoms with van der Waals surface area (Å²) >= 11 is 1.83. The van der Waals surface area contributed by atoms with Gasteiger partial charge in [-0.2, -0.15) is 5.26 Å². The average Bonchev–Trinajstić information content (AvgIpc) is 3.26. The second kappa shape index (κ2) is 5.56. The predicted molar refractivity (Wildman–Crippen MR) is 108 cm³/mol. The Bertz CT molecular complexity index is 1030. The first kappa shape index (κ1) is 16.5. The van der Waals surface area contributed by atoms with Gasteiger partial charge in [0.25, 0.3) is 5.91 Å². The highest BCUT2D eigenvalue weighted by Crippen LogP contribution is 2.67. The van der Waals surface area contributed by atoms with Crippen molar-refractivity contribution in [2.24, 2.45) is 5.41 Å². The zero-order valence-electron chi connectivity index (χ0n) is 15.5. The average molecular weight is 392 g/mol. The molecule has 2 aromatic rings. The zero-order valence-corrected chi connectivity index (χ0v) is 16.3. The summed E-state index contributed by atoms with van der Waals surface area (Å²) in [7, 11) is 0. The molecule has 1 aromatic carbocycles. The number of hydrogen-bond acceptors (Lipinski definition) is 5. The highest BCUT2D eigenvalue weighted by atomic mass is 32.2. The van der Waals surface area contributed by atoms with E-state index in [1.807, 2.05) is 47.0 Å². The Balaban J connectivity index is 1.16. The summed E-state index contributed by atoms with van der Waals surface area (Å²) in [5.74, 6) is 0.963. The van der Waals surface area contributed by atoms with E-state index in [4.69, 9.17) is 0 Å². The Labute approximate surface area is 167 Å². The molecule has 3 fully saturated rings. The molecule has 2 bridgehead atoms. The molecule has 3 heterocycles. The van der Waals surface area contributed by atoms with Crippen molar-refractivity contribution >= 4 is 28.6 Å². The molecule has 3 saturated carbocycles. The normalized spacial score (nSPS) is 30.7. The lowest BCUT2D eigenvalue weighted by Crippen LogP contribution is -2.75. The third-order valence-corrected chi connectivity index (χ3v) is 7.76. The molecule has 7 heteroatoms. The van der Waals surface area contributed by atoms with Crippen LogP contribution in [0.4, 0.5) is 0 Å². The number of nitrogens with one attached hydrogen (secondary N) is 2. The van der Waals surface area contributed by atoms with E-state index in [9.17, 15) is 10.1 Å². The number of fused-ring (bicyclic) bond motifs is 1. The van der Waals surface area contributed by atoms with Gasteiger partial charge in [-0.3, -0.25) is 4.79 Å². The Kier molecular flexibility index (Phi) is 3.28. The second-order valence-corrected chi connectivity index (χ2v) is 9.67. The van der Waals surface area contributed by atoms with Crippen molar-refractivity contribution in [3.8, 4) is 6.07 Å². The number of aromatic nitrogens is 1. The van der Waals surface area contributed by atoms with Crippen molar-refractivity contribution in [2.45, 2.75) is 31.2 Å². The topological polar surface area (TPSA) is 75.2 Å². The third-order valence-electron chi connectivity index (χ3n) is 6.66. The Hall–Kier alpha value is -2.43. The fourth-order valence-corrected chi connectivity index (χ4v) is 6.43. The quantitative estimate of drug-likeness (QED) is 0.841. The summed E-state index contributed by atoms with van der Waals surface area (Å²) < 4.78 is 0. The summed E-state index contributed by atoms with van der Waals surface area (Å²) in [4.78, 5) is 19.5. The molecular weight excluding hydrogens is 370 g/mol. The second-order valence-electron chi connectivity index (χ2n) is 8.63. The fourth-order valence-electron chi connectivity index (χ4n) is 5.30. The van der Waals surface area contributed by atoms with Crippen LogP contribution in [0.1, 0.15) is 36.2 Å². The van der Waals surface area contributed by atoms with E-state index >= 15 is 0 Å². The van der Waals surface area contributed by atoms with Crippen LogP contribution in [-0.2, 0) is 0 Å². The van der Waals surface area contributed by atoms with Crippen LogP contribution in [0.25, 0.3) is 10.9 Å². The van der Waals surface area contributed by atoms with Crippen LogP contribution in [0.2, 0.25) is 0 Å². The standard InChI is InChI=1S/C21H21N5OS/c22-12-20-9-21(10-20,11-20)24-26-13-28-18-8-25(6-5-17(18)26)19(27)16-7-14-3-1-2-4-15(14)23-16/h1-4,7,23-24H,5-6,8-11,13H2. The molecule has 2 aliphatic heterocycles. The molecular formula is C21H21N5OS. The molecule has 2 N–H and O–H groups in total. The van der Waals surface area contributed by atoms with Crippen LogP contribution < -0.4 is 5.43 Å². The lowest BCUT2D eigenvalue weighted by Gasteiger charge is -2.68. The van der Waals surface area contributed by atoms with Crippen molar-refractivity contribution in [2.75, 3.05) is 19.0 Å². The molecule has 0 unspecified atom stereocenters. The number of rotatable bonds is 3. The maximum absolute atomic E-state index is 13.0. The van der Waals surface area contributed by atoms with Crippen molar-refractivity contribution < 1.29 is 4.79 Å². The number of carbonyl (C=O) groups excluding carboxylic acids is 1. The zero-order chi connectivity index (χ0) is 18.9. The number of aromatic amines is 1. The minimum atomic E-state index is -0.0353. The Morgan fingerprint density at radius 1 is 1.29 bits per heavy atom. The van der Waals surface area contributed by atoms with E-state index in [1.54, 1.807) is 0 Å². The number of carbonyl (C=O) groups is 1. The van der Waals surface area contributed by atoms with E-state index in [2.05, 4.69) is 21.5 Å². The summed E-state index contributed by atoms with van der Waals surface area (Å²) in [5, 5.41) is 12.6. The molecule has 1 aromatic heterocycles. The summed E-state index contributed by atoms with van der Waals surface area (Å²) in [5.41, 5.74) is 6.82. The number of H-pyrrole nitrogens is 1. The Morgan fingerprint density at radius 3 is 2.89 bits per heavy atom. The molecule has 0 spiro atoms. The number of thioether (sulfide) groups is 1. The minimum Gasteiger partial charge on any atom is -0.351 e. The molecule has 0 saturated heterocycles. The lowest BCUT2D eigenvalue weighted by atomic mass is 9.40. The Morgan fingerprint density at radius 2 is 2.11 bits per heavy atom. The molecule has 0 radical (unpaired) electrons. The SMILES string of the molecule is N#CC12CC(NN3CSC4=C3CCN(C(=O)c3cc5ccccc5[nH]3)C4)(C1)C2. The van der Waals surface area contributed by atoms with E-state index in [1.165, 1.54) is 10.6 Å². The maximum Gasteiger partial charge on any atom is 0.270 e. The highest BCUT2D eigenvalue weighted by Gasteiger charge is 2.69. The molecule has 3 aliphatic carbocycles. The molecule has 5 aliphatic rings. The monoisotopic (exact) mass is 391 g/mol. The van der Waals surface area contributed by atoms with Gasteiger partial charge < -0.3 is 14.9 Å². The van der Waals surface area contributed by atoms with Crippen LogP contribution in [0.15, 0.2) is 40.9 Å². The lowest BCUT2D eigenvalue weighted by molar-refractivity contribution is -0.140. The summed E-state index contributed by atoms with van der Waals surface area (Å²) in [6.07, 6.45) is 3.81. The fraction of sp³-hybridized carbons (Fsp3) is 0.429. The van der Waals surface area contributed by atoms with Crippen molar-refractivity contribution in [1.82, 2.24) is 20.3 Å². The first-order valence-electron chi connectivity index (χ1n) is 9.77. The molecule has 0 atom stereocenters.